The van der Waals surface area contributed by atoms with Crippen LogP contribution in [0.2, 0.25) is 5.02 Å². The van der Waals surface area contributed by atoms with E-state index in [1.54, 1.807) is 35.5 Å². The van der Waals surface area contributed by atoms with Crippen molar-refractivity contribution >= 4 is 40.5 Å². The molecule has 4 heterocycles. The van der Waals surface area contributed by atoms with Crippen LogP contribution in [0.15, 0.2) is 73.3 Å². The Balaban J connectivity index is 1.21. The van der Waals surface area contributed by atoms with Crippen molar-refractivity contribution in [3.05, 3.63) is 95.2 Å². The first-order chi connectivity index (χ1) is 19.0. The van der Waals surface area contributed by atoms with Crippen LogP contribution in [0.4, 0.5) is 5.69 Å². The van der Waals surface area contributed by atoms with Crippen LogP contribution in [0.5, 0.6) is 0 Å². The molecule has 1 aromatic carbocycles. The predicted molar refractivity (Wildman–Crippen MR) is 148 cm³/mol. The minimum atomic E-state index is -0.712. The summed E-state index contributed by atoms with van der Waals surface area (Å²) in [6, 6.07) is 13.5. The number of benzene rings is 1. The van der Waals surface area contributed by atoms with Crippen LogP contribution in [-0.4, -0.2) is 49.5 Å². The molecule has 3 aromatic heterocycles. The maximum atomic E-state index is 13.8. The van der Waals surface area contributed by atoms with Gasteiger partial charge in [0.15, 0.2) is 5.78 Å². The topological polar surface area (TPSA) is 96.7 Å². The van der Waals surface area contributed by atoms with Crippen LogP contribution in [0.25, 0.3) is 5.65 Å². The van der Waals surface area contributed by atoms with E-state index in [1.807, 2.05) is 47.1 Å². The van der Waals surface area contributed by atoms with Gasteiger partial charge in [-0.2, -0.15) is 0 Å². The molecule has 198 valence electrons. The average Bonchev–Trinajstić information content (AvgIpc) is 3.41. The van der Waals surface area contributed by atoms with E-state index in [1.165, 1.54) is 0 Å². The van der Waals surface area contributed by atoms with Gasteiger partial charge in [-0.15, -0.1) is 0 Å². The maximum Gasteiger partial charge on any atom is 0.256 e. The average molecular weight is 542 g/mol. The van der Waals surface area contributed by atoms with Gasteiger partial charge in [-0.25, -0.2) is 4.98 Å². The van der Waals surface area contributed by atoms with Crippen molar-refractivity contribution in [2.45, 2.75) is 38.1 Å². The molecule has 1 fully saturated rings. The Kier molecular flexibility index (Phi) is 6.87. The predicted octanol–water partition coefficient (Wildman–Crippen LogP) is 5.08. The highest BCUT2D eigenvalue weighted by molar-refractivity contribution is 6.31. The summed E-state index contributed by atoms with van der Waals surface area (Å²) in [6.07, 6.45) is 10.5. The Hall–Kier alpha value is -4.04. The van der Waals surface area contributed by atoms with Gasteiger partial charge >= 0.3 is 0 Å². The molecule has 39 heavy (non-hydrogen) atoms. The van der Waals surface area contributed by atoms with E-state index in [-0.39, 0.29) is 29.4 Å². The first-order valence-corrected chi connectivity index (χ1v) is 13.6. The van der Waals surface area contributed by atoms with E-state index in [0.29, 0.717) is 40.4 Å². The quantitative estimate of drug-likeness (QED) is 0.343. The SMILES string of the molecule is O=C1Nc2cc(Cl)ccc2C(=O)N(C[C@H]2CC[C@H](C(=O)c3cccn4ccnc34)CC2)[C@@H]1Cc1ccccn1. The van der Waals surface area contributed by atoms with Gasteiger partial charge in [0.05, 0.1) is 16.8 Å². The number of nitrogens with one attached hydrogen (secondary N) is 1. The Bertz CT molecular complexity index is 1540. The molecule has 2 aliphatic rings. The minimum absolute atomic E-state index is 0.0838. The van der Waals surface area contributed by atoms with Crippen molar-refractivity contribution in [3.8, 4) is 0 Å². The van der Waals surface area contributed by atoms with Crippen LogP contribution >= 0.6 is 11.6 Å². The van der Waals surface area contributed by atoms with Crippen molar-refractivity contribution in [2.24, 2.45) is 11.8 Å². The summed E-state index contributed by atoms with van der Waals surface area (Å²) in [5.74, 6) is -0.251. The molecular formula is C30H28ClN5O3. The van der Waals surface area contributed by atoms with Crippen LogP contribution in [-0.2, 0) is 11.2 Å². The number of carbonyl (C=O) groups is 3. The molecule has 1 saturated carbocycles. The molecule has 4 aromatic rings. The number of fused-ring (bicyclic) bond motifs is 2. The number of nitrogens with zero attached hydrogens (tertiary/aromatic N) is 4. The molecule has 1 aliphatic heterocycles. The fraction of sp³-hybridized carbons (Fsp3) is 0.300. The smallest absolute Gasteiger partial charge is 0.256 e. The summed E-state index contributed by atoms with van der Waals surface area (Å²) in [5.41, 5.74) is 2.92. The largest absolute Gasteiger partial charge is 0.326 e. The molecule has 1 atom stereocenters. The molecule has 0 bridgehead atoms. The lowest BCUT2D eigenvalue weighted by Crippen LogP contribution is -2.49. The molecule has 0 spiro atoms. The van der Waals surface area contributed by atoms with Gasteiger partial charge in [-0.05, 0) is 74.1 Å². The summed E-state index contributed by atoms with van der Waals surface area (Å²) in [6.45, 7) is 0.433. The standard InChI is InChI=1S/C30H28ClN5O3/c31-21-10-11-23-25(16-21)34-29(38)26(17-22-4-1-2-12-32-22)36(30(23)39)18-19-6-8-20(9-7-19)27(37)24-5-3-14-35-15-13-33-28(24)35/h1-5,10-16,19-20,26H,6-9,17-18H2,(H,34,38)/t19-,20-,26-/m1/s1. The van der Waals surface area contributed by atoms with Crippen LogP contribution in [0.3, 0.4) is 0 Å². The van der Waals surface area contributed by atoms with Gasteiger partial charge in [0.25, 0.3) is 5.91 Å². The number of pyridine rings is 2. The molecule has 0 saturated heterocycles. The van der Waals surface area contributed by atoms with Gasteiger partial charge in [0.1, 0.15) is 11.7 Å². The Labute approximate surface area is 231 Å². The Morgan fingerprint density at radius 3 is 2.62 bits per heavy atom. The number of anilines is 1. The van der Waals surface area contributed by atoms with Gasteiger partial charge in [0, 0.05) is 54.4 Å². The second kappa shape index (κ2) is 10.6. The second-order valence-electron chi connectivity index (χ2n) is 10.3. The van der Waals surface area contributed by atoms with E-state index in [4.69, 9.17) is 11.6 Å². The fourth-order valence-corrected chi connectivity index (χ4v) is 6.01. The van der Waals surface area contributed by atoms with E-state index in [0.717, 1.165) is 31.4 Å². The summed E-state index contributed by atoms with van der Waals surface area (Å²) in [4.78, 5) is 51.1. The first kappa shape index (κ1) is 25.2. The number of ketones is 1. The minimum Gasteiger partial charge on any atom is -0.326 e. The molecule has 2 amide bonds. The normalized spacial score (nSPS) is 21.4. The fourth-order valence-electron chi connectivity index (χ4n) is 5.84. The first-order valence-electron chi connectivity index (χ1n) is 13.2. The number of carbonyl (C=O) groups excluding carboxylic acids is 3. The van der Waals surface area contributed by atoms with Gasteiger partial charge < -0.3 is 14.6 Å². The molecule has 1 aliphatic carbocycles. The third-order valence-electron chi connectivity index (χ3n) is 7.90. The summed E-state index contributed by atoms with van der Waals surface area (Å²) in [5, 5.41) is 3.37. The van der Waals surface area contributed by atoms with Crippen molar-refractivity contribution in [1.29, 1.82) is 0 Å². The summed E-state index contributed by atoms with van der Waals surface area (Å²) in [7, 11) is 0. The molecule has 8 nitrogen and oxygen atoms in total. The monoisotopic (exact) mass is 541 g/mol. The zero-order valence-electron chi connectivity index (χ0n) is 21.3. The van der Waals surface area contributed by atoms with Crippen molar-refractivity contribution in [1.82, 2.24) is 19.3 Å². The third-order valence-corrected chi connectivity index (χ3v) is 8.13. The molecule has 0 unspecified atom stereocenters. The number of hydrogen-bond donors (Lipinski definition) is 1. The Morgan fingerprint density at radius 2 is 1.82 bits per heavy atom. The summed E-state index contributed by atoms with van der Waals surface area (Å²) >= 11 is 6.17. The van der Waals surface area contributed by atoms with Crippen LogP contribution < -0.4 is 5.32 Å². The highest BCUT2D eigenvalue weighted by Gasteiger charge is 2.38. The van der Waals surface area contributed by atoms with Crippen molar-refractivity contribution in [3.63, 3.8) is 0 Å². The van der Waals surface area contributed by atoms with E-state index < -0.39 is 6.04 Å². The number of hydrogen-bond acceptors (Lipinski definition) is 5. The third kappa shape index (κ3) is 5.04. The van der Waals surface area contributed by atoms with Gasteiger partial charge in [-0.3, -0.25) is 19.4 Å². The lowest BCUT2D eigenvalue weighted by atomic mass is 9.78. The number of amides is 2. The number of imidazole rings is 1. The van der Waals surface area contributed by atoms with Crippen LogP contribution in [0, 0.1) is 11.8 Å². The second-order valence-corrected chi connectivity index (χ2v) is 10.8. The van der Waals surface area contributed by atoms with E-state index in [2.05, 4.69) is 15.3 Å². The maximum absolute atomic E-state index is 13.8. The molecule has 6 rings (SSSR count). The summed E-state index contributed by atoms with van der Waals surface area (Å²) < 4.78 is 1.86. The van der Waals surface area contributed by atoms with Gasteiger partial charge in [0.2, 0.25) is 5.91 Å². The molecule has 9 heteroatoms. The van der Waals surface area contributed by atoms with Gasteiger partial charge in [-0.1, -0.05) is 17.7 Å². The highest BCUT2D eigenvalue weighted by atomic mass is 35.5. The molecule has 0 radical (unpaired) electrons. The number of aromatic nitrogens is 3. The highest BCUT2D eigenvalue weighted by Crippen LogP contribution is 2.34. The number of rotatable bonds is 6. The van der Waals surface area contributed by atoms with E-state index >= 15 is 0 Å². The van der Waals surface area contributed by atoms with E-state index in [9.17, 15) is 14.4 Å². The molecular weight excluding hydrogens is 514 g/mol. The lowest BCUT2D eigenvalue weighted by molar-refractivity contribution is -0.120. The zero-order valence-corrected chi connectivity index (χ0v) is 22.1. The molecule has 1 N–H and O–H groups in total. The number of halogens is 1. The van der Waals surface area contributed by atoms with Crippen LogP contribution in [0.1, 0.15) is 52.1 Å². The lowest BCUT2D eigenvalue weighted by Gasteiger charge is -2.35. The number of Topliss-reactive ketones (excluding diaryl/α,β-unsaturated/α-hetero) is 1. The van der Waals surface area contributed by atoms with Crippen molar-refractivity contribution < 1.29 is 14.4 Å². The Morgan fingerprint density at radius 1 is 0.974 bits per heavy atom. The van der Waals surface area contributed by atoms with Crippen molar-refractivity contribution in [2.75, 3.05) is 11.9 Å². The zero-order chi connectivity index (χ0) is 26.9.